The van der Waals surface area contributed by atoms with Crippen molar-refractivity contribution in [3.05, 3.63) is 33.8 Å². The van der Waals surface area contributed by atoms with Crippen molar-refractivity contribution in [2.45, 2.75) is 19.4 Å². The molecule has 1 rings (SSSR count). The molecule has 3 nitrogen and oxygen atoms in total. The Kier molecular flexibility index (Phi) is 5.18. The van der Waals surface area contributed by atoms with Gasteiger partial charge in [0.25, 0.3) is 5.91 Å². The highest BCUT2D eigenvalue weighted by atomic mass is 35.5. The number of halogens is 2. The molecule has 1 aromatic rings. The zero-order valence-electron chi connectivity index (χ0n) is 9.17. The van der Waals surface area contributed by atoms with Gasteiger partial charge in [-0.3, -0.25) is 4.79 Å². The van der Waals surface area contributed by atoms with Gasteiger partial charge in [0, 0.05) is 5.02 Å². The lowest BCUT2D eigenvalue weighted by Gasteiger charge is -2.15. The SMILES string of the molecule is CCC(NC(=O)c1cc(Cl)ccc1Cl)C(N)=S. The number of hydrogen-bond donors (Lipinski definition) is 2. The summed E-state index contributed by atoms with van der Waals surface area (Å²) in [6.45, 7) is 1.88. The van der Waals surface area contributed by atoms with Crippen LogP contribution < -0.4 is 11.1 Å². The summed E-state index contributed by atoms with van der Waals surface area (Å²) in [6.07, 6.45) is 0.624. The number of amides is 1. The van der Waals surface area contributed by atoms with E-state index in [1.807, 2.05) is 6.92 Å². The second-order valence-corrected chi connectivity index (χ2v) is 4.78. The molecule has 1 unspecified atom stereocenters. The molecule has 0 aliphatic carbocycles. The molecule has 0 aliphatic rings. The predicted octanol–water partition coefficient (Wildman–Crippen LogP) is 2.79. The molecule has 17 heavy (non-hydrogen) atoms. The molecule has 0 radical (unpaired) electrons. The maximum absolute atomic E-state index is 11.9. The lowest BCUT2D eigenvalue weighted by Crippen LogP contribution is -2.43. The average Bonchev–Trinajstić information content (AvgIpc) is 2.28. The van der Waals surface area contributed by atoms with Crippen molar-refractivity contribution in [1.82, 2.24) is 5.32 Å². The van der Waals surface area contributed by atoms with E-state index in [2.05, 4.69) is 5.32 Å². The van der Waals surface area contributed by atoms with E-state index in [1.54, 1.807) is 12.1 Å². The van der Waals surface area contributed by atoms with Gasteiger partial charge >= 0.3 is 0 Å². The molecule has 0 saturated heterocycles. The number of carbonyl (C=O) groups excluding carboxylic acids is 1. The molecule has 0 fully saturated rings. The molecule has 6 heteroatoms. The van der Waals surface area contributed by atoms with Crippen LogP contribution in [0.15, 0.2) is 18.2 Å². The Morgan fingerprint density at radius 1 is 1.53 bits per heavy atom. The van der Waals surface area contributed by atoms with Crippen molar-refractivity contribution in [2.24, 2.45) is 5.73 Å². The molecular weight excluding hydrogens is 279 g/mol. The zero-order valence-corrected chi connectivity index (χ0v) is 11.5. The van der Waals surface area contributed by atoms with Gasteiger partial charge in [-0.2, -0.15) is 0 Å². The molecule has 1 amide bonds. The van der Waals surface area contributed by atoms with Crippen molar-refractivity contribution in [2.75, 3.05) is 0 Å². The fourth-order valence-corrected chi connectivity index (χ4v) is 1.88. The molecular formula is C11H12Cl2N2OS. The number of nitrogens with two attached hydrogens (primary N) is 1. The van der Waals surface area contributed by atoms with E-state index in [9.17, 15) is 4.79 Å². The lowest BCUT2D eigenvalue weighted by molar-refractivity contribution is 0.0946. The largest absolute Gasteiger partial charge is 0.392 e. The fourth-order valence-electron chi connectivity index (χ4n) is 1.28. The maximum Gasteiger partial charge on any atom is 0.253 e. The number of nitrogens with one attached hydrogen (secondary N) is 1. The molecule has 0 spiro atoms. The van der Waals surface area contributed by atoms with Gasteiger partial charge in [0.15, 0.2) is 0 Å². The van der Waals surface area contributed by atoms with Crippen molar-refractivity contribution in [3.63, 3.8) is 0 Å². The summed E-state index contributed by atoms with van der Waals surface area (Å²) >= 11 is 16.6. The van der Waals surface area contributed by atoms with Crippen LogP contribution in [0, 0.1) is 0 Å². The summed E-state index contributed by atoms with van der Waals surface area (Å²) < 4.78 is 0. The van der Waals surface area contributed by atoms with E-state index in [1.165, 1.54) is 6.07 Å². The van der Waals surface area contributed by atoms with Gasteiger partial charge in [0.1, 0.15) is 0 Å². The Labute approximate surface area is 115 Å². The molecule has 92 valence electrons. The minimum atomic E-state index is -0.340. The van der Waals surface area contributed by atoms with E-state index in [0.717, 1.165) is 0 Å². The minimum absolute atomic E-state index is 0.249. The molecule has 0 bridgehead atoms. The summed E-state index contributed by atoms with van der Waals surface area (Å²) in [5.41, 5.74) is 5.81. The molecule has 1 aromatic carbocycles. The normalized spacial score (nSPS) is 11.9. The van der Waals surface area contributed by atoms with Crippen LogP contribution in [-0.4, -0.2) is 16.9 Å². The third-order valence-corrected chi connectivity index (χ3v) is 3.08. The van der Waals surface area contributed by atoms with Crippen LogP contribution in [0.1, 0.15) is 23.7 Å². The summed E-state index contributed by atoms with van der Waals surface area (Å²) in [5, 5.41) is 3.49. The van der Waals surface area contributed by atoms with Gasteiger partial charge in [-0.05, 0) is 24.6 Å². The van der Waals surface area contributed by atoms with E-state index in [-0.39, 0.29) is 16.9 Å². The van der Waals surface area contributed by atoms with E-state index in [0.29, 0.717) is 22.0 Å². The number of benzene rings is 1. The highest BCUT2D eigenvalue weighted by Crippen LogP contribution is 2.20. The second kappa shape index (κ2) is 6.19. The molecule has 0 aromatic heterocycles. The Morgan fingerprint density at radius 3 is 2.71 bits per heavy atom. The van der Waals surface area contributed by atoms with Crippen LogP contribution in [-0.2, 0) is 0 Å². The van der Waals surface area contributed by atoms with Gasteiger partial charge in [0.05, 0.1) is 21.6 Å². The molecule has 3 N–H and O–H groups in total. The third-order valence-electron chi connectivity index (χ3n) is 2.23. The Balaban J connectivity index is 2.89. The summed E-state index contributed by atoms with van der Waals surface area (Å²) in [7, 11) is 0. The minimum Gasteiger partial charge on any atom is -0.392 e. The van der Waals surface area contributed by atoms with Crippen molar-refractivity contribution < 1.29 is 4.79 Å². The smallest absolute Gasteiger partial charge is 0.253 e. The van der Waals surface area contributed by atoms with E-state index >= 15 is 0 Å². The van der Waals surface area contributed by atoms with E-state index in [4.69, 9.17) is 41.2 Å². The van der Waals surface area contributed by atoms with Gasteiger partial charge in [-0.15, -0.1) is 0 Å². The Bertz CT molecular complexity index is 451. The summed E-state index contributed by atoms with van der Waals surface area (Å²) in [6, 6.07) is 4.35. The molecule has 1 atom stereocenters. The van der Waals surface area contributed by atoms with Crippen LogP contribution >= 0.6 is 35.4 Å². The van der Waals surface area contributed by atoms with Crippen LogP contribution in [0.25, 0.3) is 0 Å². The number of hydrogen-bond acceptors (Lipinski definition) is 2. The monoisotopic (exact) mass is 290 g/mol. The standard InChI is InChI=1S/C11H12Cl2N2OS/c1-2-9(10(14)17)15-11(16)7-5-6(12)3-4-8(7)13/h3-5,9H,2H2,1H3,(H2,14,17)(H,15,16). The van der Waals surface area contributed by atoms with Crippen LogP contribution in [0.2, 0.25) is 10.0 Å². The highest BCUT2D eigenvalue weighted by molar-refractivity contribution is 7.80. The fraction of sp³-hybridized carbons (Fsp3) is 0.273. The third kappa shape index (κ3) is 3.84. The topological polar surface area (TPSA) is 55.1 Å². The Hall–Kier alpha value is -0.840. The Morgan fingerprint density at radius 2 is 2.18 bits per heavy atom. The summed E-state index contributed by atoms with van der Waals surface area (Å²) in [5.74, 6) is -0.336. The second-order valence-electron chi connectivity index (χ2n) is 3.46. The van der Waals surface area contributed by atoms with Gasteiger partial charge in [-0.1, -0.05) is 42.3 Å². The number of rotatable bonds is 4. The number of carbonyl (C=O) groups is 1. The first kappa shape index (κ1) is 14.2. The van der Waals surface area contributed by atoms with Crippen LogP contribution in [0.4, 0.5) is 0 Å². The van der Waals surface area contributed by atoms with Gasteiger partial charge < -0.3 is 11.1 Å². The van der Waals surface area contributed by atoms with Crippen molar-refractivity contribution >= 4 is 46.3 Å². The lowest BCUT2D eigenvalue weighted by atomic mass is 10.1. The first-order chi connectivity index (χ1) is 7.95. The maximum atomic E-state index is 11.9. The molecule has 0 heterocycles. The van der Waals surface area contributed by atoms with Crippen LogP contribution in [0.5, 0.6) is 0 Å². The molecule has 0 aliphatic heterocycles. The average molecular weight is 291 g/mol. The van der Waals surface area contributed by atoms with Gasteiger partial charge in [-0.25, -0.2) is 0 Å². The number of thiocarbonyl (C=S) groups is 1. The first-order valence-electron chi connectivity index (χ1n) is 5.01. The van der Waals surface area contributed by atoms with E-state index < -0.39 is 0 Å². The van der Waals surface area contributed by atoms with Crippen molar-refractivity contribution in [3.8, 4) is 0 Å². The van der Waals surface area contributed by atoms with Crippen molar-refractivity contribution in [1.29, 1.82) is 0 Å². The van der Waals surface area contributed by atoms with Crippen LogP contribution in [0.3, 0.4) is 0 Å². The first-order valence-corrected chi connectivity index (χ1v) is 6.17. The molecule has 0 saturated carbocycles. The zero-order chi connectivity index (χ0) is 13.0. The van der Waals surface area contributed by atoms with Gasteiger partial charge in [0.2, 0.25) is 0 Å². The predicted molar refractivity (Wildman–Crippen MR) is 74.8 cm³/mol. The quantitative estimate of drug-likeness (QED) is 0.839. The highest BCUT2D eigenvalue weighted by Gasteiger charge is 2.16. The summed E-state index contributed by atoms with van der Waals surface area (Å²) in [4.78, 5) is 12.2.